The fraction of sp³-hybridized carbons (Fsp3) is 0.526. The van der Waals surface area contributed by atoms with Gasteiger partial charge in [0.1, 0.15) is 11.8 Å². The van der Waals surface area contributed by atoms with Crippen molar-refractivity contribution in [3.8, 4) is 5.75 Å². The summed E-state index contributed by atoms with van der Waals surface area (Å²) >= 11 is 0. The molecule has 1 heterocycles. The van der Waals surface area contributed by atoms with E-state index in [-0.39, 0.29) is 30.3 Å². The summed E-state index contributed by atoms with van der Waals surface area (Å²) in [6.07, 6.45) is 2.79. The summed E-state index contributed by atoms with van der Waals surface area (Å²) in [7, 11) is 0. The van der Waals surface area contributed by atoms with Crippen molar-refractivity contribution >= 4 is 18.3 Å². The highest BCUT2D eigenvalue weighted by Crippen LogP contribution is 2.37. The van der Waals surface area contributed by atoms with Crippen molar-refractivity contribution in [1.29, 1.82) is 0 Å². The van der Waals surface area contributed by atoms with E-state index in [9.17, 15) is 4.79 Å². The molecule has 0 spiro atoms. The van der Waals surface area contributed by atoms with Crippen molar-refractivity contribution in [2.45, 2.75) is 51.6 Å². The van der Waals surface area contributed by atoms with Gasteiger partial charge in [0.05, 0.1) is 12.1 Å². The Balaban J connectivity index is 0.00000261. The van der Waals surface area contributed by atoms with Crippen LogP contribution in [-0.4, -0.2) is 22.7 Å². The lowest BCUT2D eigenvalue weighted by Gasteiger charge is -2.34. The smallest absolute Gasteiger partial charge is 0.251 e. The molecule has 1 atom stereocenters. The second kappa shape index (κ2) is 8.71. The molecule has 3 rings (SSSR count). The zero-order chi connectivity index (χ0) is 18.7. The van der Waals surface area contributed by atoms with E-state index >= 15 is 0 Å². The van der Waals surface area contributed by atoms with Crippen LogP contribution < -0.4 is 15.8 Å². The predicted octanol–water partition coefficient (Wildman–Crippen LogP) is 3.36. The topological polar surface area (TPSA) is 103 Å². The second-order valence-electron chi connectivity index (χ2n) is 7.12. The van der Waals surface area contributed by atoms with Crippen LogP contribution in [0.2, 0.25) is 0 Å². The number of aromatic nitrogens is 2. The molecular weight excluding hydrogens is 368 g/mol. The molecule has 8 heteroatoms. The number of amides is 1. The van der Waals surface area contributed by atoms with Crippen LogP contribution in [-0.2, 0) is 5.54 Å². The number of nitrogens with zero attached hydrogens (tertiary/aromatic N) is 2. The van der Waals surface area contributed by atoms with Gasteiger partial charge in [-0.3, -0.25) is 4.79 Å². The van der Waals surface area contributed by atoms with Crippen molar-refractivity contribution in [2.24, 2.45) is 11.7 Å². The zero-order valence-electron chi connectivity index (χ0n) is 15.9. The normalized spacial score (nSPS) is 16.2. The fourth-order valence-corrected chi connectivity index (χ4v) is 2.95. The Labute approximate surface area is 165 Å². The lowest BCUT2D eigenvalue weighted by Crippen LogP contribution is -2.44. The lowest BCUT2D eigenvalue weighted by atomic mass is 9.77. The number of hydrogen-bond donors (Lipinski definition) is 2. The molecule has 7 nitrogen and oxygen atoms in total. The number of carbonyl (C=O) groups excluding carboxylic acids is 1. The Morgan fingerprint density at radius 1 is 1.33 bits per heavy atom. The molecule has 0 bridgehead atoms. The van der Waals surface area contributed by atoms with Crippen LogP contribution in [0.3, 0.4) is 0 Å². The molecule has 0 radical (unpaired) electrons. The SMILES string of the molecule is CCOc1ccc(C(=O)NC(c2nc(C3(N)CCC3)no2)C(C)C)cc1.Cl. The number of carbonyl (C=O) groups is 1. The highest BCUT2D eigenvalue weighted by atomic mass is 35.5. The maximum atomic E-state index is 12.6. The summed E-state index contributed by atoms with van der Waals surface area (Å²) in [4.78, 5) is 17.1. The van der Waals surface area contributed by atoms with Gasteiger partial charge in [-0.1, -0.05) is 19.0 Å². The fourth-order valence-electron chi connectivity index (χ4n) is 2.95. The van der Waals surface area contributed by atoms with E-state index in [4.69, 9.17) is 15.0 Å². The van der Waals surface area contributed by atoms with Gasteiger partial charge in [0.25, 0.3) is 5.91 Å². The average molecular weight is 395 g/mol. The van der Waals surface area contributed by atoms with Crippen LogP contribution in [0.4, 0.5) is 0 Å². The van der Waals surface area contributed by atoms with Gasteiger partial charge in [-0.25, -0.2) is 0 Å². The van der Waals surface area contributed by atoms with Gasteiger partial charge in [-0.05, 0) is 56.4 Å². The molecule has 2 aromatic rings. The van der Waals surface area contributed by atoms with E-state index in [1.165, 1.54) is 0 Å². The molecule has 3 N–H and O–H groups in total. The zero-order valence-corrected chi connectivity index (χ0v) is 16.7. The quantitative estimate of drug-likeness (QED) is 0.746. The summed E-state index contributed by atoms with van der Waals surface area (Å²) in [6, 6.07) is 6.66. The largest absolute Gasteiger partial charge is 0.494 e. The minimum Gasteiger partial charge on any atom is -0.494 e. The van der Waals surface area contributed by atoms with E-state index < -0.39 is 5.54 Å². The molecular formula is C19H27ClN4O3. The molecule has 1 fully saturated rings. The predicted molar refractivity (Wildman–Crippen MR) is 104 cm³/mol. The molecule has 1 aliphatic carbocycles. The standard InChI is InChI=1S/C19H26N4O3.ClH/c1-4-25-14-8-6-13(7-9-14)16(24)21-15(12(2)3)17-22-18(23-26-17)19(20)10-5-11-19;/h6-9,12,15H,4-5,10-11,20H2,1-3H3,(H,21,24);1H. The third kappa shape index (κ3) is 4.59. The molecule has 0 saturated heterocycles. The van der Waals surface area contributed by atoms with Crippen LogP contribution in [0, 0.1) is 5.92 Å². The minimum atomic E-state index is -0.484. The van der Waals surface area contributed by atoms with Gasteiger partial charge < -0.3 is 20.3 Å². The van der Waals surface area contributed by atoms with Crippen LogP contribution in [0.5, 0.6) is 5.75 Å². The number of ether oxygens (including phenoxy) is 1. The van der Waals surface area contributed by atoms with E-state index in [0.717, 1.165) is 25.0 Å². The lowest BCUT2D eigenvalue weighted by molar-refractivity contribution is 0.0914. The molecule has 0 aliphatic heterocycles. The van der Waals surface area contributed by atoms with Crippen molar-refractivity contribution < 1.29 is 14.1 Å². The third-order valence-electron chi connectivity index (χ3n) is 4.78. The number of hydrogen-bond acceptors (Lipinski definition) is 6. The van der Waals surface area contributed by atoms with E-state index in [0.29, 0.717) is 23.9 Å². The summed E-state index contributed by atoms with van der Waals surface area (Å²) in [6.45, 7) is 6.49. The number of nitrogens with two attached hydrogens (primary N) is 1. The number of rotatable bonds is 7. The Morgan fingerprint density at radius 3 is 2.52 bits per heavy atom. The van der Waals surface area contributed by atoms with E-state index in [2.05, 4.69) is 15.5 Å². The molecule has 1 unspecified atom stereocenters. The van der Waals surface area contributed by atoms with E-state index in [1.807, 2.05) is 20.8 Å². The summed E-state index contributed by atoms with van der Waals surface area (Å²) in [5, 5.41) is 7.03. The van der Waals surface area contributed by atoms with Crippen LogP contribution >= 0.6 is 12.4 Å². The Morgan fingerprint density at radius 2 is 2.00 bits per heavy atom. The maximum absolute atomic E-state index is 12.6. The highest BCUT2D eigenvalue weighted by Gasteiger charge is 2.40. The van der Waals surface area contributed by atoms with Gasteiger partial charge in [-0.15, -0.1) is 12.4 Å². The molecule has 1 aromatic carbocycles. The van der Waals surface area contributed by atoms with Gasteiger partial charge in [0.2, 0.25) is 5.89 Å². The van der Waals surface area contributed by atoms with Crippen LogP contribution in [0.15, 0.2) is 28.8 Å². The molecule has 1 amide bonds. The molecule has 1 aliphatic rings. The number of nitrogens with one attached hydrogen (secondary N) is 1. The van der Waals surface area contributed by atoms with Gasteiger partial charge in [0.15, 0.2) is 5.82 Å². The van der Waals surface area contributed by atoms with Crippen molar-refractivity contribution in [2.75, 3.05) is 6.61 Å². The first kappa shape index (κ1) is 21.2. The van der Waals surface area contributed by atoms with Gasteiger partial charge in [-0.2, -0.15) is 4.98 Å². The minimum absolute atomic E-state index is 0. The van der Waals surface area contributed by atoms with Crippen LogP contribution in [0.1, 0.15) is 68.1 Å². The van der Waals surface area contributed by atoms with Crippen molar-refractivity contribution in [3.05, 3.63) is 41.5 Å². The highest BCUT2D eigenvalue weighted by molar-refractivity contribution is 5.94. The first-order chi connectivity index (χ1) is 12.4. The summed E-state index contributed by atoms with van der Waals surface area (Å²) in [5.74, 6) is 1.55. The Kier molecular flexibility index (Phi) is 6.84. The molecule has 148 valence electrons. The third-order valence-corrected chi connectivity index (χ3v) is 4.78. The summed E-state index contributed by atoms with van der Waals surface area (Å²) < 4.78 is 10.8. The first-order valence-corrected chi connectivity index (χ1v) is 9.09. The summed E-state index contributed by atoms with van der Waals surface area (Å²) in [5.41, 5.74) is 6.33. The second-order valence-corrected chi connectivity index (χ2v) is 7.12. The van der Waals surface area contributed by atoms with E-state index in [1.54, 1.807) is 24.3 Å². The van der Waals surface area contributed by atoms with Gasteiger partial charge >= 0.3 is 0 Å². The molecule has 1 aromatic heterocycles. The first-order valence-electron chi connectivity index (χ1n) is 9.09. The maximum Gasteiger partial charge on any atom is 0.251 e. The Hall–Kier alpha value is -2.12. The average Bonchev–Trinajstić information content (AvgIpc) is 3.08. The molecule has 1 saturated carbocycles. The van der Waals surface area contributed by atoms with Gasteiger partial charge in [0, 0.05) is 5.56 Å². The van der Waals surface area contributed by atoms with Crippen molar-refractivity contribution in [1.82, 2.24) is 15.5 Å². The number of benzene rings is 1. The van der Waals surface area contributed by atoms with Crippen molar-refractivity contribution in [3.63, 3.8) is 0 Å². The Bertz CT molecular complexity index is 757. The molecule has 27 heavy (non-hydrogen) atoms. The van der Waals surface area contributed by atoms with Crippen LogP contribution in [0.25, 0.3) is 0 Å². The monoisotopic (exact) mass is 394 g/mol. The number of halogens is 1.